The van der Waals surface area contributed by atoms with Gasteiger partial charge in [-0.05, 0) is 39.0 Å². The molecule has 0 spiro atoms. The number of phenols is 4. The maximum absolute atomic E-state index is 13.5. The Kier molecular flexibility index (Phi) is 5.33. The molecule has 3 aromatic rings. The largest absolute Gasteiger partial charge is 0.508 e. The first kappa shape index (κ1) is 23.2. The zero-order valence-corrected chi connectivity index (χ0v) is 19.0. The summed E-state index contributed by atoms with van der Waals surface area (Å²) in [5.41, 5.74) is -0.778. The Morgan fingerprint density at radius 3 is 2.37 bits per heavy atom. The zero-order valence-electron chi connectivity index (χ0n) is 19.0. The van der Waals surface area contributed by atoms with Gasteiger partial charge in [0.05, 0.1) is 6.10 Å². The minimum Gasteiger partial charge on any atom is -0.508 e. The molecule has 0 unspecified atom stereocenters. The number of benzene rings is 2. The number of aliphatic hydroxyl groups excluding tert-OH is 1. The van der Waals surface area contributed by atoms with Gasteiger partial charge in [0, 0.05) is 17.7 Å². The summed E-state index contributed by atoms with van der Waals surface area (Å²) in [6.07, 6.45) is -4.70. The first-order valence-corrected chi connectivity index (χ1v) is 10.9. The minimum absolute atomic E-state index is 0.143. The van der Waals surface area contributed by atoms with Crippen LogP contribution < -0.4 is 10.2 Å². The van der Waals surface area contributed by atoms with Crippen molar-refractivity contribution >= 4 is 11.0 Å². The minimum atomic E-state index is -1.22. The van der Waals surface area contributed by atoms with Gasteiger partial charge >= 0.3 is 0 Å². The van der Waals surface area contributed by atoms with Gasteiger partial charge in [0.2, 0.25) is 17.5 Å². The summed E-state index contributed by atoms with van der Waals surface area (Å²) in [6.45, 7) is 4.95. The smallest absolute Gasteiger partial charge is 0.239 e. The van der Waals surface area contributed by atoms with Crippen LogP contribution in [0.1, 0.15) is 20.8 Å². The lowest BCUT2D eigenvalue weighted by molar-refractivity contribution is -0.241. The first-order valence-electron chi connectivity index (χ1n) is 10.9. The van der Waals surface area contributed by atoms with Crippen molar-refractivity contribution in [2.75, 3.05) is 0 Å². The van der Waals surface area contributed by atoms with E-state index in [9.17, 15) is 30.3 Å². The third kappa shape index (κ3) is 3.92. The van der Waals surface area contributed by atoms with Crippen LogP contribution in [0.15, 0.2) is 39.5 Å². The highest BCUT2D eigenvalue weighted by Gasteiger charge is 2.55. The molecule has 5 rings (SSSR count). The lowest BCUT2D eigenvalue weighted by Crippen LogP contribution is -2.57. The van der Waals surface area contributed by atoms with Crippen molar-refractivity contribution in [3.8, 4) is 40.1 Å². The van der Waals surface area contributed by atoms with Crippen LogP contribution in [-0.2, 0) is 14.2 Å². The standard InChI is InChI=1S/C24H24O11/c1-9-17(29)21-22(35-24(2,3)34-21)23(31-9)33-20-18(30)16-14(28)7-11(25)8-15(16)32-19(20)10-4-5-12(26)13(27)6-10/h4-9,17,21-23,25-29H,1-3H3/t9-,17-,21+,22+,23-/m0/s1. The second-order valence-electron chi connectivity index (χ2n) is 9.01. The summed E-state index contributed by atoms with van der Waals surface area (Å²) < 4.78 is 29.4. The number of fused-ring (bicyclic) bond motifs is 2. The van der Waals surface area contributed by atoms with E-state index in [2.05, 4.69) is 0 Å². The number of aliphatic hydroxyl groups is 1. The Balaban J connectivity index is 1.68. The molecular formula is C24H24O11. The molecule has 3 heterocycles. The number of aromatic hydroxyl groups is 4. The number of hydrogen-bond acceptors (Lipinski definition) is 11. The summed E-state index contributed by atoms with van der Waals surface area (Å²) in [5.74, 6) is -3.35. The summed E-state index contributed by atoms with van der Waals surface area (Å²) in [4.78, 5) is 13.5. The Labute approximate surface area is 198 Å². The number of hydrogen-bond donors (Lipinski definition) is 5. The Morgan fingerprint density at radius 2 is 1.66 bits per heavy atom. The van der Waals surface area contributed by atoms with Gasteiger partial charge in [0.1, 0.15) is 34.7 Å². The predicted molar refractivity (Wildman–Crippen MR) is 119 cm³/mol. The molecule has 0 saturated carbocycles. The lowest BCUT2D eigenvalue weighted by atomic mass is 10.00. The van der Waals surface area contributed by atoms with Crippen LogP contribution >= 0.6 is 0 Å². The maximum atomic E-state index is 13.5. The Bertz CT molecular complexity index is 1360. The van der Waals surface area contributed by atoms with Crippen molar-refractivity contribution in [1.82, 2.24) is 0 Å². The fourth-order valence-corrected chi connectivity index (χ4v) is 4.37. The highest BCUT2D eigenvalue weighted by Crippen LogP contribution is 2.42. The van der Waals surface area contributed by atoms with Crippen LogP contribution in [0.25, 0.3) is 22.3 Å². The molecule has 2 aliphatic heterocycles. The van der Waals surface area contributed by atoms with Crippen molar-refractivity contribution in [3.63, 3.8) is 0 Å². The molecule has 0 radical (unpaired) electrons. The third-order valence-electron chi connectivity index (χ3n) is 5.99. The van der Waals surface area contributed by atoms with Gasteiger partial charge in [-0.3, -0.25) is 4.79 Å². The van der Waals surface area contributed by atoms with Crippen LogP contribution in [0.5, 0.6) is 28.7 Å². The van der Waals surface area contributed by atoms with E-state index in [-0.39, 0.29) is 33.8 Å². The average molecular weight is 488 g/mol. The number of rotatable bonds is 3. The highest BCUT2D eigenvalue weighted by molar-refractivity contribution is 5.88. The number of phenolic OH excluding ortho intramolecular Hbond substituents is 4. The highest BCUT2D eigenvalue weighted by atomic mass is 16.8. The molecule has 2 saturated heterocycles. The summed E-state index contributed by atoms with van der Waals surface area (Å²) in [5, 5.41) is 50.2. The zero-order chi connectivity index (χ0) is 25.2. The molecule has 5 atom stereocenters. The van der Waals surface area contributed by atoms with Gasteiger partial charge in [0.25, 0.3) is 0 Å². The Morgan fingerprint density at radius 1 is 0.943 bits per heavy atom. The van der Waals surface area contributed by atoms with E-state index in [0.29, 0.717) is 0 Å². The quantitative estimate of drug-likeness (QED) is 0.343. The number of ether oxygens (including phenoxy) is 4. The predicted octanol–water partition coefficient (Wildman–Crippen LogP) is 2.29. The van der Waals surface area contributed by atoms with Gasteiger partial charge in [-0.2, -0.15) is 0 Å². The first-order chi connectivity index (χ1) is 16.4. The molecule has 2 aromatic carbocycles. The van der Waals surface area contributed by atoms with E-state index in [1.807, 2.05) is 0 Å². The fraction of sp³-hybridized carbons (Fsp3) is 0.375. The van der Waals surface area contributed by atoms with E-state index < -0.39 is 59.2 Å². The monoisotopic (exact) mass is 488 g/mol. The molecule has 0 amide bonds. The van der Waals surface area contributed by atoms with Crippen LogP contribution in [0.4, 0.5) is 0 Å². The van der Waals surface area contributed by atoms with Crippen LogP contribution in [-0.4, -0.2) is 62.0 Å². The molecule has 5 N–H and O–H groups in total. The van der Waals surface area contributed by atoms with Gasteiger partial charge in [-0.1, -0.05) is 0 Å². The van der Waals surface area contributed by atoms with Crippen LogP contribution in [0, 0.1) is 0 Å². The topological polar surface area (TPSA) is 168 Å². The van der Waals surface area contributed by atoms with E-state index in [0.717, 1.165) is 18.2 Å². The summed E-state index contributed by atoms with van der Waals surface area (Å²) >= 11 is 0. The lowest BCUT2D eigenvalue weighted by Gasteiger charge is -2.38. The molecule has 1 aromatic heterocycles. The molecule has 0 aliphatic carbocycles. The molecule has 35 heavy (non-hydrogen) atoms. The van der Waals surface area contributed by atoms with Gasteiger partial charge in [0.15, 0.2) is 29.2 Å². The molecule has 186 valence electrons. The normalized spacial score (nSPS) is 27.6. The fourth-order valence-electron chi connectivity index (χ4n) is 4.37. The molecular weight excluding hydrogens is 464 g/mol. The Hall–Kier alpha value is -3.51. The molecule has 11 heteroatoms. The van der Waals surface area contributed by atoms with E-state index in [4.69, 9.17) is 23.4 Å². The van der Waals surface area contributed by atoms with E-state index >= 15 is 0 Å². The molecule has 11 nitrogen and oxygen atoms in total. The second kappa shape index (κ2) is 8.02. The van der Waals surface area contributed by atoms with Crippen LogP contribution in [0.2, 0.25) is 0 Å². The van der Waals surface area contributed by atoms with Crippen molar-refractivity contribution in [1.29, 1.82) is 0 Å². The molecule has 2 aliphatic rings. The summed E-state index contributed by atoms with van der Waals surface area (Å²) in [7, 11) is 0. The van der Waals surface area contributed by atoms with Gasteiger partial charge in [-0.25, -0.2) is 0 Å². The SMILES string of the molecule is C[C@@H]1O[C@@H](Oc2c(-c3ccc(O)c(O)c3)oc3cc(O)cc(O)c3c2=O)[C@@H]2OC(C)(C)O[C@@H]2[C@H]1O. The van der Waals surface area contributed by atoms with Crippen molar-refractivity contribution in [2.45, 2.75) is 57.3 Å². The average Bonchev–Trinajstić information content (AvgIpc) is 3.10. The second-order valence-corrected chi connectivity index (χ2v) is 9.01. The van der Waals surface area contributed by atoms with Crippen LogP contribution in [0.3, 0.4) is 0 Å². The van der Waals surface area contributed by atoms with Gasteiger partial charge < -0.3 is 48.9 Å². The van der Waals surface area contributed by atoms with E-state index in [1.165, 1.54) is 12.1 Å². The summed E-state index contributed by atoms with van der Waals surface area (Å²) in [6, 6.07) is 5.86. The van der Waals surface area contributed by atoms with Gasteiger partial charge in [-0.15, -0.1) is 0 Å². The maximum Gasteiger partial charge on any atom is 0.239 e. The third-order valence-corrected chi connectivity index (χ3v) is 5.99. The van der Waals surface area contributed by atoms with Crippen molar-refractivity contribution in [2.24, 2.45) is 0 Å². The molecule has 2 fully saturated rings. The van der Waals surface area contributed by atoms with E-state index in [1.54, 1.807) is 20.8 Å². The van der Waals surface area contributed by atoms with Crippen molar-refractivity contribution < 1.29 is 48.9 Å². The van der Waals surface area contributed by atoms with Crippen molar-refractivity contribution in [3.05, 3.63) is 40.6 Å². The molecule has 0 bridgehead atoms.